The van der Waals surface area contributed by atoms with Crippen molar-refractivity contribution in [2.45, 2.75) is 32.1 Å². The van der Waals surface area contributed by atoms with E-state index in [0.717, 1.165) is 16.7 Å². The Balaban J connectivity index is 1.71. The Hall–Kier alpha value is -3.11. The maximum Gasteiger partial charge on any atom is 0.138 e. The minimum absolute atomic E-state index is 0.176. The van der Waals surface area contributed by atoms with Crippen LogP contribution < -0.4 is 4.74 Å². The van der Waals surface area contributed by atoms with E-state index in [1.54, 1.807) is 30.8 Å². The summed E-state index contributed by atoms with van der Waals surface area (Å²) in [6.07, 6.45) is 2.05. The van der Waals surface area contributed by atoms with Crippen molar-refractivity contribution in [3.8, 4) is 28.7 Å². The number of hydrogen-bond acceptors (Lipinski definition) is 5. The van der Waals surface area contributed by atoms with Gasteiger partial charge < -0.3 is 24.6 Å². The van der Waals surface area contributed by atoms with Crippen LogP contribution in [0.5, 0.6) is 5.75 Å². The van der Waals surface area contributed by atoms with E-state index >= 15 is 0 Å². The quantitative estimate of drug-likeness (QED) is 0.525. The summed E-state index contributed by atoms with van der Waals surface area (Å²) < 4.78 is 7.17. The van der Waals surface area contributed by atoms with Crippen molar-refractivity contribution in [3.05, 3.63) is 72.3 Å². The number of aromatic nitrogens is 2. The summed E-state index contributed by atoms with van der Waals surface area (Å²) in [6.45, 7) is 3.40. The molecule has 0 amide bonds. The van der Waals surface area contributed by atoms with Crippen LogP contribution in [-0.2, 0) is 0 Å². The zero-order valence-corrected chi connectivity index (χ0v) is 17.1. The molecule has 0 unspecified atom stereocenters. The molecule has 3 N–H and O–H groups in total. The molecule has 1 heterocycles. The minimum atomic E-state index is -0.737. The maximum atomic E-state index is 9.80. The third-order valence-electron chi connectivity index (χ3n) is 4.53. The van der Waals surface area contributed by atoms with E-state index in [0.29, 0.717) is 11.6 Å². The summed E-state index contributed by atoms with van der Waals surface area (Å²) in [7, 11) is 0. The lowest BCUT2D eigenvalue weighted by molar-refractivity contribution is 0.123. The van der Waals surface area contributed by atoms with Gasteiger partial charge in [0.1, 0.15) is 30.3 Å². The van der Waals surface area contributed by atoms with Crippen LogP contribution in [0.3, 0.4) is 0 Å². The molecule has 3 aromatic rings. The molecule has 2 aromatic carbocycles. The van der Waals surface area contributed by atoms with Crippen LogP contribution in [0.25, 0.3) is 11.1 Å². The smallest absolute Gasteiger partial charge is 0.138 e. The first-order chi connectivity index (χ1) is 14.5. The minimum Gasteiger partial charge on any atom is -0.491 e. The third kappa shape index (κ3) is 5.49. The Morgan fingerprint density at radius 1 is 1.00 bits per heavy atom. The number of benzene rings is 2. The average Bonchev–Trinajstić information content (AvgIpc) is 3.24. The normalized spacial score (nSPS) is 13.8. The number of imidazole rings is 1. The SMILES string of the molecule is C[C@H](O)c1nccn1[C@@H](C#Cc1ccc(-c2ccc(OC[C@@H](C)O)cc2)cc1)CO. The van der Waals surface area contributed by atoms with Gasteiger partial charge in [0, 0.05) is 18.0 Å². The number of nitrogens with zero attached hydrogens (tertiary/aromatic N) is 2. The summed E-state index contributed by atoms with van der Waals surface area (Å²) in [5.74, 6) is 7.32. The second-order valence-electron chi connectivity index (χ2n) is 7.10. The predicted octanol–water partition coefficient (Wildman–Crippen LogP) is 2.95. The monoisotopic (exact) mass is 406 g/mol. The van der Waals surface area contributed by atoms with Crippen molar-refractivity contribution in [2.75, 3.05) is 13.2 Å². The number of aliphatic hydroxyl groups excluding tert-OH is 3. The largest absolute Gasteiger partial charge is 0.491 e. The second-order valence-corrected chi connectivity index (χ2v) is 7.10. The molecular weight excluding hydrogens is 380 g/mol. The van der Waals surface area contributed by atoms with E-state index < -0.39 is 18.2 Å². The van der Waals surface area contributed by atoms with Crippen molar-refractivity contribution >= 4 is 0 Å². The van der Waals surface area contributed by atoms with Gasteiger partial charge in [0.15, 0.2) is 0 Å². The molecule has 0 aliphatic heterocycles. The van der Waals surface area contributed by atoms with Gasteiger partial charge in [-0.1, -0.05) is 36.1 Å². The van der Waals surface area contributed by atoms with Crippen LogP contribution in [0.2, 0.25) is 0 Å². The highest BCUT2D eigenvalue weighted by Crippen LogP contribution is 2.23. The molecule has 0 radical (unpaired) electrons. The van der Waals surface area contributed by atoms with Gasteiger partial charge in [-0.15, -0.1) is 0 Å². The number of aliphatic hydroxyl groups is 3. The van der Waals surface area contributed by atoms with E-state index in [1.807, 2.05) is 48.5 Å². The second kappa shape index (κ2) is 10.1. The molecule has 1 aromatic heterocycles. The summed E-state index contributed by atoms with van der Waals surface area (Å²) >= 11 is 0. The van der Waals surface area contributed by atoms with Gasteiger partial charge in [-0.05, 0) is 49.2 Å². The summed E-state index contributed by atoms with van der Waals surface area (Å²) in [5, 5.41) is 28.8. The average molecular weight is 406 g/mol. The Bertz CT molecular complexity index is 996. The maximum absolute atomic E-state index is 9.80. The lowest BCUT2D eigenvalue weighted by atomic mass is 10.0. The summed E-state index contributed by atoms with van der Waals surface area (Å²) in [6, 6.07) is 15.0. The first-order valence-electron chi connectivity index (χ1n) is 9.82. The molecule has 3 rings (SSSR count). The zero-order valence-electron chi connectivity index (χ0n) is 17.1. The molecule has 0 spiro atoms. The van der Waals surface area contributed by atoms with Crippen LogP contribution in [0.15, 0.2) is 60.9 Å². The molecule has 0 aliphatic carbocycles. The van der Waals surface area contributed by atoms with Crippen molar-refractivity contribution in [1.29, 1.82) is 0 Å². The molecule has 30 heavy (non-hydrogen) atoms. The van der Waals surface area contributed by atoms with Crippen LogP contribution >= 0.6 is 0 Å². The summed E-state index contributed by atoms with van der Waals surface area (Å²) in [5.41, 5.74) is 2.92. The lowest BCUT2D eigenvalue weighted by Gasteiger charge is -2.14. The number of ether oxygens (including phenoxy) is 1. The molecule has 6 heteroatoms. The molecule has 0 saturated heterocycles. The number of rotatable bonds is 7. The van der Waals surface area contributed by atoms with E-state index in [1.165, 1.54) is 0 Å². The van der Waals surface area contributed by atoms with Gasteiger partial charge in [-0.25, -0.2) is 4.98 Å². The van der Waals surface area contributed by atoms with Gasteiger partial charge in [-0.3, -0.25) is 0 Å². The van der Waals surface area contributed by atoms with Crippen molar-refractivity contribution in [3.63, 3.8) is 0 Å². The molecule has 156 valence electrons. The predicted molar refractivity (Wildman–Crippen MR) is 115 cm³/mol. The molecule has 3 atom stereocenters. The zero-order chi connectivity index (χ0) is 21.5. The highest BCUT2D eigenvalue weighted by molar-refractivity contribution is 5.65. The van der Waals surface area contributed by atoms with E-state index in [4.69, 9.17) is 4.74 Å². The Morgan fingerprint density at radius 3 is 2.20 bits per heavy atom. The van der Waals surface area contributed by atoms with Crippen LogP contribution in [0, 0.1) is 11.8 Å². The van der Waals surface area contributed by atoms with Crippen LogP contribution in [-0.4, -0.2) is 44.2 Å². The van der Waals surface area contributed by atoms with Gasteiger partial charge in [0.2, 0.25) is 0 Å². The van der Waals surface area contributed by atoms with E-state index in [2.05, 4.69) is 16.8 Å². The fourth-order valence-corrected chi connectivity index (χ4v) is 2.99. The highest BCUT2D eigenvalue weighted by Gasteiger charge is 2.14. The lowest BCUT2D eigenvalue weighted by Crippen LogP contribution is -2.15. The molecule has 0 fully saturated rings. The molecule has 6 nitrogen and oxygen atoms in total. The van der Waals surface area contributed by atoms with Crippen LogP contribution in [0.4, 0.5) is 0 Å². The topological polar surface area (TPSA) is 87.7 Å². The fraction of sp³-hybridized carbons (Fsp3) is 0.292. The highest BCUT2D eigenvalue weighted by atomic mass is 16.5. The standard InChI is InChI=1S/C24H26N2O4/c1-17(28)16-30-23-11-8-21(9-12-23)20-6-3-19(4-7-20)5-10-22(15-27)26-14-13-25-24(26)18(2)29/h3-4,6-9,11-14,17-18,22,27-29H,15-16H2,1-2H3/t17-,18+,22+/m1/s1. The first-order valence-corrected chi connectivity index (χ1v) is 9.82. The molecule has 0 aliphatic rings. The third-order valence-corrected chi connectivity index (χ3v) is 4.53. The molecular formula is C24H26N2O4. The number of hydrogen-bond donors (Lipinski definition) is 3. The van der Waals surface area contributed by atoms with Gasteiger partial charge in [-0.2, -0.15) is 0 Å². The van der Waals surface area contributed by atoms with Crippen molar-refractivity contribution in [2.24, 2.45) is 0 Å². The van der Waals surface area contributed by atoms with Gasteiger partial charge in [0.05, 0.1) is 12.7 Å². The fourth-order valence-electron chi connectivity index (χ4n) is 2.99. The van der Waals surface area contributed by atoms with Gasteiger partial charge >= 0.3 is 0 Å². The van der Waals surface area contributed by atoms with Crippen molar-refractivity contribution in [1.82, 2.24) is 9.55 Å². The first kappa shape index (κ1) is 21.6. The molecule has 0 bridgehead atoms. The van der Waals surface area contributed by atoms with Crippen LogP contribution in [0.1, 0.15) is 37.4 Å². The Morgan fingerprint density at radius 2 is 1.63 bits per heavy atom. The van der Waals surface area contributed by atoms with E-state index in [9.17, 15) is 15.3 Å². The van der Waals surface area contributed by atoms with Gasteiger partial charge in [0.25, 0.3) is 0 Å². The van der Waals surface area contributed by atoms with Crippen molar-refractivity contribution < 1.29 is 20.1 Å². The Kier molecular flexibility index (Phi) is 7.26. The van der Waals surface area contributed by atoms with E-state index in [-0.39, 0.29) is 13.2 Å². The Labute approximate surface area is 176 Å². The summed E-state index contributed by atoms with van der Waals surface area (Å²) in [4.78, 5) is 4.12. The molecule has 0 saturated carbocycles.